The Morgan fingerprint density at radius 1 is 1.25 bits per heavy atom. The van der Waals surface area contributed by atoms with Crippen molar-refractivity contribution >= 4 is 5.91 Å². The smallest absolute Gasteiger partial charge is 0.257 e. The number of oxazole rings is 1. The van der Waals surface area contributed by atoms with Crippen LogP contribution in [0, 0.1) is 0 Å². The van der Waals surface area contributed by atoms with Gasteiger partial charge >= 0.3 is 0 Å². The van der Waals surface area contributed by atoms with Gasteiger partial charge < -0.3 is 14.1 Å². The Hall–Kier alpha value is -3.22. The fourth-order valence-corrected chi connectivity index (χ4v) is 3.59. The number of carbonyl (C=O) groups is 1. The molecule has 1 atom stereocenters. The van der Waals surface area contributed by atoms with E-state index in [2.05, 4.69) is 15.0 Å². The average Bonchev–Trinajstić information content (AvgIpc) is 3.23. The Labute approximate surface area is 163 Å². The highest BCUT2D eigenvalue weighted by Crippen LogP contribution is 2.29. The van der Waals surface area contributed by atoms with Crippen LogP contribution in [0.25, 0.3) is 0 Å². The highest BCUT2D eigenvalue weighted by molar-refractivity contribution is 5.93. The first-order chi connectivity index (χ1) is 13.7. The molecule has 0 N–H and O–H groups in total. The SMILES string of the molecule is COc1ccccc1Cc1cnc([C@H]2CCCN(C(=O)c3cncnc3)C2)o1. The van der Waals surface area contributed by atoms with Gasteiger partial charge in [-0.15, -0.1) is 0 Å². The first-order valence-electron chi connectivity index (χ1n) is 9.35. The fraction of sp³-hybridized carbons (Fsp3) is 0.333. The average molecular weight is 378 g/mol. The van der Waals surface area contributed by atoms with E-state index in [1.165, 1.54) is 6.33 Å². The molecule has 0 unspecified atom stereocenters. The zero-order chi connectivity index (χ0) is 19.3. The molecule has 1 amide bonds. The summed E-state index contributed by atoms with van der Waals surface area (Å²) >= 11 is 0. The van der Waals surface area contributed by atoms with Gasteiger partial charge in [-0.1, -0.05) is 18.2 Å². The maximum absolute atomic E-state index is 12.7. The lowest BCUT2D eigenvalue weighted by Gasteiger charge is -2.31. The number of benzene rings is 1. The molecule has 2 aromatic heterocycles. The number of piperidine rings is 1. The van der Waals surface area contributed by atoms with Crippen molar-refractivity contribution < 1.29 is 13.9 Å². The van der Waals surface area contributed by atoms with Crippen molar-refractivity contribution in [2.75, 3.05) is 20.2 Å². The van der Waals surface area contributed by atoms with Crippen LogP contribution in [-0.2, 0) is 6.42 Å². The van der Waals surface area contributed by atoms with Gasteiger partial charge in [0, 0.05) is 37.5 Å². The Bertz CT molecular complexity index is 942. The molecule has 0 bridgehead atoms. The topological polar surface area (TPSA) is 81.4 Å². The second-order valence-corrected chi connectivity index (χ2v) is 6.87. The second-order valence-electron chi connectivity index (χ2n) is 6.87. The number of rotatable bonds is 5. The van der Waals surface area contributed by atoms with Crippen molar-refractivity contribution in [1.82, 2.24) is 19.9 Å². The quantitative estimate of drug-likeness (QED) is 0.679. The normalized spacial score (nSPS) is 16.8. The van der Waals surface area contributed by atoms with Crippen LogP contribution in [0.4, 0.5) is 0 Å². The highest BCUT2D eigenvalue weighted by atomic mass is 16.5. The zero-order valence-corrected chi connectivity index (χ0v) is 15.7. The van der Waals surface area contributed by atoms with Gasteiger partial charge in [-0.05, 0) is 18.9 Å². The molecule has 0 saturated carbocycles. The molecule has 144 valence electrons. The number of hydrogen-bond donors (Lipinski definition) is 0. The molecule has 3 heterocycles. The summed E-state index contributed by atoms with van der Waals surface area (Å²) in [4.78, 5) is 26.9. The van der Waals surface area contributed by atoms with Gasteiger partial charge in [-0.3, -0.25) is 4.79 Å². The second kappa shape index (κ2) is 8.21. The van der Waals surface area contributed by atoms with Crippen molar-refractivity contribution in [3.05, 3.63) is 72.0 Å². The third kappa shape index (κ3) is 3.88. The van der Waals surface area contributed by atoms with E-state index < -0.39 is 0 Å². The van der Waals surface area contributed by atoms with E-state index in [4.69, 9.17) is 9.15 Å². The third-order valence-electron chi connectivity index (χ3n) is 4.99. The molecule has 1 saturated heterocycles. The lowest BCUT2D eigenvalue weighted by Crippen LogP contribution is -2.39. The molecule has 7 nitrogen and oxygen atoms in total. The van der Waals surface area contributed by atoms with E-state index in [-0.39, 0.29) is 11.8 Å². The van der Waals surface area contributed by atoms with Crippen LogP contribution in [-0.4, -0.2) is 46.0 Å². The maximum Gasteiger partial charge on any atom is 0.257 e. The molecular formula is C21H22N4O3. The lowest BCUT2D eigenvalue weighted by molar-refractivity contribution is 0.0697. The number of amides is 1. The molecule has 0 spiro atoms. The van der Waals surface area contributed by atoms with Crippen LogP contribution in [0.1, 0.15) is 46.3 Å². The first-order valence-corrected chi connectivity index (χ1v) is 9.35. The predicted octanol–water partition coefficient (Wildman–Crippen LogP) is 3.08. The number of ether oxygens (including phenoxy) is 1. The minimum atomic E-state index is -0.0499. The largest absolute Gasteiger partial charge is 0.496 e. The Morgan fingerprint density at radius 2 is 2.07 bits per heavy atom. The predicted molar refractivity (Wildman–Crippen MR) is 102 cm³/mol. The first kappa shape index (κ1) is 18.2. The van der Waals surface area contributed by atoms with Crippen molar-refractivity contribution in [3.8, 4) is 5.75 Å². The molecule has 0 radical (unpaired) electrons. The molecule has 7 heteroatoms. The monoisotopic (exact) mass is 378 g/mol. The number of aromatic nitrogens is 3. The third-order valence-corrected chi connectivity index (χ3v) is 4.99. The summed E-state index contributed by atoms with van der Waals surface area (Å²) in [6.07, 6.45) is 8.77. The van der Waals surface area contributed by atoms with E-state index in [0.717, 1.165) is 36.5 Å². The molecule has 3 aromatic rings. The van der Waals surface area contributed by atoms with E-state index >= 15 is 0 Å². The minimum Gasteiger partial charge on any atom is -0.496 e. The molecule has 1 aromatic carbocycles. The van der Waals surface area contributed by atoms with Gasteiger partial charge in [0.25, 0.3) is 5.91 Å². The van der Waals surface area contributed by atoms with Gasteiger partial charge in [0.2, 0.25) is 0 Å². The molecule has 0 aliphatic carbocycles. The summed E-state index contributed by atoms with van der Waals surface area (Å²) in [5, 5.41) is 0. The highest BCUT2D eigenvalue weighted by Gasteiger charge is 2.28. The molecule has 1 fully saturated rings. The zero-order valence-electron chi connectivity index (χ0n) is 15.7. The van der Waals surface area contributed by atoms with E-state index in [0.29, 0.717) is 24.4 Å². The summed E-state index contributed by atoms with van der Waals surface area (Å²) in [7, 11) is 1.66. The Balaban J connectivity index is 1.45. The van der Waals surface area contributed by atoms with Gasteiger partial charge in [0.05, 0.1) is 24.8 Å². The van der Waals surface area contributed by atoms with Crippen LogP contribution in [0.15, 0.2) is 53.6 Å². The molecular weight excluding hydrogens is 356 g/mol. The Kier molecular flexibility index (Phi) is 5.32. The van der Waals surface area contributed by atoms with Crippen molar-refractivity contribution in [2.45, 2.75) is 25.2 Å². The van der Waals surface area contributed by atoms with Crippen molar-refractivity contribution in [3.63, 3.8) is 0 Å². The number of methoxy groups -OCH3 is 1. The van der Waals surface area contributed by atoms with Gasteiger partial charge in [-0.2, -0.15) is 0 Å². The minimum absolute atomic E-state index is 0.0499. The number of nitrogens with zero attached hydrogens (tertiary/aromatic N) is 4. The van der Waals surface area contributed by atoms with Crippen molar-refractivity contribution in [1.29, 1.82) is 0 Å². The number of likely N-dealkylation sites (tertiary alicyclic amines) is 1. The van der Waals surface area contributed by atoms with Gasteiger partial charge in [0.15, 0.2) is 5.89 Å². The molecule has 1 aliphatic heterocycles. The number of hydrogen-bond acceptors (Lipinski definition) is 6. The fourth-order valence-electron chi connectivity index (χ4n) is 3.59. The Morgan fingerprint density at radius 3 is 2.89 bits per heavy atom. The van der Waals surface area contributed by atoms with Crippen LogP contribution in [0.2, 0.25) is 0 Å². The van der Waals surface area contributed by atoms with Gasteiger partial charge in [0.1, 0.15) is 17.8 Å². The lowest BCUT2D eigenvalue weighted by atomic mass is 9.97. The summed E-state index contributed by atoms with van der Waals surface area (Å²) in [6.45, 7) is 1.31. The number of para-hydroxylation sites is 1. The summed E-state index contributed by atoms with van der Waals surface area (Å²) < 4.78 is 11.4. The van der Waals surface area contributed by atoms with Gasteiger partial charge in [-0.25, -0.2) is 15.0 Å². The summed E-state index contributed by atoms with van der Waals surface area (Å²) in [5.41, 5.74) is 1.56. The van der Waals surface area contributed by atoms with Crippen LogP contribution >= 0.6 is 0 Å². The molecule has 1 aliphatic rings. The van der Waals surface area contributed by atoms with E-state index in [9.17, 15) is 4.79 Å². The number of carbonyl (C=O) groups excluding carboxylic acids is 1. The van der Waals surface area contributed by atoms with E-state index in [1.807, 2.05) is 29.2 Å². The molecule has 4 rings (SSSR count). The maximum atomic E-state index is 12.7. The van der Waals surface area contributed by atoms with Crippen LogP contribution < -0.4 is 4.74 Å². The van der Waals surface area contributed by atoms with Crippen molar-refractivity contribution in [2.24, 2.45) is 0 Å². The summed E-state index contributed by atoms with van der Waals surface area (Å²) in [5.74, 6) is 2.35. The van der Waals surface area contributed by atoms with E-state index in [1.54, 1.807) is 25.7 Å². The summed E-state index contributed by atoms with van der Waals surface area (Å²) in [6, 6.07) is 7.88. The van der Waals surface area contributed by atoms with Crippen LogP contribution in [0.3, 0.4) is 0 Å². The standard InChI is InChI=1S/C21H22N4O3/c1-27-19-7-3-2-5-15(19)9-18-12-24-20(28-18)16-6-4-8-25(13-16)21(26)17-10-22-14-23-11-17/h2-3,5,7,10-12,14,16H,4,6,8-9,13H2,1H3/t16-/m0/s1. The molecule has 28 heavy (non-hydrogen) atoms. The van der Waals surface area contributed by atoms with Crippen LogP contribution in [0.5, 0.6) is 5.75 Å².